The Morgan fingerprint density at radius 2 is 1.62 bits per heavy atom. The molecule has 0 spiro atoms. The first-order chi connectivity index (χ1) is 16.1. The molecule has 0 saturated heterocycles. The monoisotopic (exact) mass is 483 g/mol. The first-order valence-electron chi connectivity index (χ1n) is 9.48. The molecule has 13 heteroatoms. The minimum Gasteiger partial charge on any atom is -0.282 e. The first kappa shape index (κ1) is 22.7. The van der Waals surface area contributed by atoms with Crippen molar-refractivity contribution in [2.75, 3.05) is 10.4 Å². The number of hydrazone groups is 2. The fourth-order valence-corrected chi connectivity index (χ4v) is 3.49. The van der Waals surface area contributed by atoms with Crippen molar-refractivity contribution in [2.45, 2.75) is 4.90 Å². The van der Waals surface area contributed by atoms with Crippen molar-refractivity contribution in [2.24, 2.45) is 10.2 Å². The topological polar surface area (TPSA) is 155 Å². The Morgan fingerprint density at radius 1 is 1.00 bits per heavy atom. The summed E-state index contributed by atoms with van der Waals surface area (Å²) >= 11 is 0. The maximum atomic E-state index is 13.3. The maximum absolute atomic E-state index is 13.3. The molecular formula is C21H14FN5O6S. The normalized spacial score (nSPS) is 14.9. The lowest BCUT2D eigenvalue weighted by molar-refractivity contribution is -0.384. The summed E-state index contributed by atoms with van der Waals surface area (Å²) < 4.78 is 44.8. The van der Waals surface area contributed by atoms with Crippen molar-refractivity contribution in [3.63, 3.8) is 0 Å². The van der Waals surface area contributed by atoms with Gasteiger partial charge in [0.25, 0.3) is 15.8 Å². The van der Waals surface area contributed by atoms with Crippen LogP contribution in [0.2, 0.25) is 0 Å². The molecule has 4 rings (SSSR count). The minimum absolute atomic E-state index is 0.103. The van der Waals surface area contributed by atoms with E-state index in [0.29, 0.717) is 11.3 Å². The maximum Gasteiger partial charge on any atom is 0.301 e. The Kier molecular flexibility index (Phi) is 5.88. The van der Waals surface area contributed by atoms with Gasteiger partial charge in [-0.15, -0.1) is 0 Å². The van der Waals surface area contributed by atoms with Crippen molar-refractivity contribution in [1.82, 2.24) is 0 Å². The van der Waals surface area contributed by atoms with Gasteiger partial charge in [0.1, 0.15) is 11.5 Å². The molecule has 0 aliphatic carbocycles. The van der Waals surface area contributed by atoms with Gasteiger partial charge in [-0.25, -0.2) is 4.39 Å². The quantitative estimate of drug-likeness (QED) is 0.310. The van der Waals surface area contributed by atoms with Crippen LogP contribution < -0.4 is 10.4 Å². The molecule has 0 saturated carbocycles. The van der Waals surface area contributed by atoms with E-state index in [9.17, 15) is 27.7 Å². The van der Waals surface area contributed by atoms with E-state index in [2.05, 4.69) is 15.6 Å². The average molecular weight is 483 g/mol. The Morgan fingerprint density at radius 3 is 2.18 bits per heavy atom. The SMILES string of the molecule is O=C1/C(=N\Nc2ccc(S(=O)(=O)O)cc2)C(c2ccc([N+](=O)[O-])cc2)=NN1c1ccc(F)cc1. The number of carbonyl (C=O) groups excluding carboxylic acids is 1. The molecular weight excluding hydrogens is 469 g/mol. The number of nitrogens with one attached hydrogen (secondary N) is 1. The standard InChI is InChI=1S/C21H14FN5O6S/c22-14-3-9-16(10-4-14)26-21(28)20(19(25-26)13-1-7-17(8-2-13)27(29)30)24-23-15-5-11-18(12-6-15)34(31,32)33/h1-12,23H,(H,31,32,33)/b24-20-. The van der Waals surface area contributed by atoms with Crippen LogP contribution in [0.4, 0.5) is 21.5 Å². The van der Waals surface area contributed by atoms with Gasteiger partial charge in [0, 0.05) is 17.7 Å². The molecule has 0 unspecified atom stereocenters. The number of non-ortho nitro benzene ring substituents is 1. The lowest BCUT2D eigenvalue weighted by atomic mass is 10.1. The summed E-state index contributed by atoms with van der Waals surface area (Å²) in [7, 11) is -4.37. The van der Waals surface area contributed by atoms with Gasteiger partial charge in [-0.05, 0) is 60.7 Å². The highest BCUT2D eigenvalue weighted by atomic mass is 32.2. The number of hydrogen-bond donors (Lipinski definition) is 2. The van der Waals surface area contributed by atoms with Gasteiger partial charge in [0.15, 0.2) is 5.71 Å². The van der Waals surface area contributed by atoms with Gasteiger partial charge in [0.2, 0.25) is 0 Å². The van der Waals surface area contributed by atoms with Crippen LogP contribution in [0.25, 0.3) is 0 Å². The predicted molar refractivity (Wildman–Crippen MR) is 121 cm³/mol. The third-order valence-electron chi connectivity index (χ3n) is 4.69. The van der Waals surface area contributed by atoms with Crippen LogP contribution in [0.15, 0.2) is 87.9 Å². The second-order valence-corrected chi connectivity index (χ2v) is 8.34. The number of nitro benzene ring substituents is 1. The van der Waals surface area contributed by atoms with Crippen LogP contribution in [0.3, 0.4) is 0 Å². The molecule has 3 aromatic rings. The van der Waals surface area contributed by atoms with Gasteiger partial charge in [-0.1, -0.05) is 0 Å². The van der Waals surface area contributed by atoms with Gasteiger partial charge >= 0.3 is 5.91 Å². The number of hydrogen-bond acceptors (Lipinski definition) is 8. The van der Waals surface area contributed by atoms with Crippen LogP contribution in [0.5, 0.6) is 0 Å². The highest BCUT2D eigenvalue weighted by Crippen LogP contribution is 2.24. The molecule has 0 radical (unpaired) electrons. The van der Waals surface area contributed by atoms with Gasteiger partial charge in [0.05, 0.1) is 21.2 Å². The highest BCUT2D eigenvalue weighted by Gasteiger charge is 2.34. The van der Waals surface area contributed by atoms with E-state index in [0.717, 1.165) is 29.3 Å². The molecule has 34 heavy (non-hydrogen) atoms. The lowest BCUT2D eigenvalue weighted by Gasteiger charge is -2.10. The van der Waals surface area contributed by atoms with E-state index in [-0.39, 0.29) is 27.7 Å². The summed E-state index contributed by atoms with van der Waals surface area (Å²) in [6.45, 7) is 0. The fourth-order valence-electron chi connectivity index (χ4n) is 3.01. The zero-order valence-corrected chi connectivity index (χ0v) is 17.8. The van der Waals surface area contributed by atoms with Crippen LogP contribution in [0.1, 0.15) is 5.56 Å². The fraction of sp³-hybridized carbons (Fsp3) is 0. The molecule has 1 heterocycles. The van der Waals surface area contributed by atoms with Crippen molar-refractivity contribution in [3.8, 4) is 0 Å². The number of halogens is 1. The van der Waals surface area contributed by atoms with Crippen LogP contribution in [-0.4, -0.2) is 35.2 Å². The van der Waals surface area contributed by atoms with Crippen LogP contribution >= 0.6 is 0 Å². The summed E-state index contributed by atoms with van der Waals surface area (Å²) in [5, 5.41) is 20.3. The highest BCUT2D eigenvalue weighted by molar-refractivity contribution is 7.85. The van der Waals surface area contributed by atoms with Crippen molar-refractivity contribution < 1.29 is 27.1 Å². The van der Waals surface area contributed by atoms with E-state index >= 15 is 0 Å². The largest absolute Gasteiger partial charge is 0.301 e. The zero-order valence-electron chi connectivity index (χ0n) is 17.0. The molecule has 0 aromatic heterocycles. The Labute approximate surface area is 191 Å². The smallest absolute Gasteiger partial charge is 0.282 e. The van der Waals surface area contributed by atoms with Crippen molar-refractivity contribution in [3.05, 3.63) is 94.3 Å². The number of anilines is 2. The number of carbonyl (C=O) groups is 1. The number of nitrogens with zero attached hydrogens (tertiary/aromatic N) is 4. The van der Waals surface area contributed by atoms with E-state index < -0.39 is 26.8 Å². The second kappa shape index (κ2) is 8.80. The minimum atomic E-state index is -4.37. The van der Waals surface area contributed by atoms with Crippen molar-refractivity contribution >= 4 is 44.5 Å². The molecule has 3 aromatic carbocycles. The predicted octanol–water partition coefficient (Wildman–Crippen LogP) is 3.20. The Balaban J connectivity index is 1.70. The summed E-state index contributed by atoms with van der Waals surface area (Å²) in [6, 6.07) is 15.3. The van der Waals surface area contributed by atoms with Crippen molar-refractivity contribution in [1.29, 1.82) is 0 Å². The average Bonchev–Trinajstić information content (AvgIpc) is 3.14. The molecule has 11 nitrogen and oxygen atoms in total. The summed E-state index contributed by atoms with van der Waals surface area (Å²) in [5.41, 5.74) is 3.37. The molecule has 0 bridgehead atoms. The van der Waals surface area contributed by atoms with Gasteiger partial charge < -0.3 is 0 Å². The molecule has 2 N–H and O–H groups in total. The van der Waals surface area contributed by atoms with E-state index in [1.807, 2.05) is 0 Å². The third-order valence-corrected chi connectivity index (χ3v) is 5.56. The van der Waals surface area contributed by atoms with Gasteiger partial charge in [-0.3, -0.25) is 24.9 Å². The Bertz CT molecular complexity index is 1440. The molecule has 1 aliphatic heterocycles. The summed E-state index contributed by atoms with van der Waals surface area (Å²) in [6.07, 6.45) is 0. The summed E-state index contributed by atoms with van der Waals surface area (Å²) in [4.78, 5) is 23.2. The number of amides is 1. The zero-order chi connectivity index (χ0) is 24.5. The second-order valence-electron chi connectivity index (χ2n) is 6.92. The molecule has 0 fully saturated rings. The third kappa shape index (κ3) is 4.65. The molecule has 1 amide bonds. The summed E-state index contributed by atoms with van der Waals surface area (Å²) in [5.74, 6) is -1.15. The van der Waals surface area contributed by atoms with E-state index in [1.54, 1.807) is 0 Å². The first-order valence-corrected chi connectivity index (χ1v) is 10.9. The van der Waals surface area contributed by atoms with Gasteiger partial charge in [-0.2, -0.15) is 23.6 Å². The number of nitro groups is 1. The van der Waals surface area contributed by atoms with E-state index in [4.69, 9.17) is 4.55 Å². The molecule has 172 valence electrons. The number of benzene rings is 3. The van der Waals surface area contributed by atoms with Crippen LogP contribution in [-0.2, 0) is 14.9 Å². The number of rotatable bonds is 6. The van der Waals surface area contributed by atoms with Crippen LogP contribution in [0, 0.1) is 15.9 Å². The Hall–Kier alpha value is -4.49. The van der Waals surface area contributed by atoms with E-state index in [1.165, 1.54) is 48.5 Å². The molecule has 1 aliphatic rings. The molecule has 0 atom stereocenters. The lowest BCUT2D eigenvalue weighted by Crippen LogP contribution is -2.28.